The molecule has 0 aliphatic heterocycles. The zero-order valence-electron chi connectivity index (χ0n) is 14.1. The average Bonchev–Trinajstić information content (AvgIpc) is 2.64. The number of carboxylic acid groups (broad SMARTS) is 1. The molecule has 1 aromatic heterocycles. The first-order chi connectivity index (χ1) is 12.5. The summed E-state index contributed by atoms with van der Waals surface area (Å²) in [5.41, 5.74) is -0.0768. The first-order valence-electron chi connectivity index (χ1n) is 7.75. The van der Waals surface area contributed by atoms with E-state index in [0.29, 0.717) is 22.6 Å². The number of ether oxygens (including phenoxy) is 3. The molecule has 0 saturated carbocycles. The minimum atomic E-state index is -1.09. The van der Waals surface area contributed by atoms with Gasteiger partial charge in [-0.25, -0.2) is 4.79 Å². The molecule has 1 atom stereocenters. The van der Waals surface area contributed by atoms with Crippen LogP contribution in [0, 0.1) is 0 Å². The summed E-state index contributed by atoms with van der Waals surface area (Å²) in [5.74, 6) is 0.378. The zero-order chi connectivity index (χ0) is 18.7. The maximum atomic E-state index is 12.6. The van der Waals surface area contributed by atoms with E-state index in [1.165, 1.54) is 31.4 Å². The topological polar surface area (TPSA) is 95.2 Å². The van der Waals surface area contributed by atoms with E-state index in [4.69, 9.17) is 23.7 Å². The first-order valence-corrected chi connectivity index (χ1v) is 7.75. The normalized spacial score (nSPS) is 11.8. The van der Waals surface area contributed by atoms with Crippen molar-refractivity contribution < 1.29 is 28.5 Å². The van der Waals surface area contributed by atoms with Crippen molar-refractivity contribution >= 4 is 16.9 Å². The molecule has 0 spiro atoms. The Morgan fingerprint density at radius 3 is 2.38 bits per heavy atom. The van der Waals surface area contributed by atoms with Crippen molar-refractivity contribution in [2.24, 2.45) is 0 Å². The van der Waals surface area contributed by atoms with Gasteiger partial charge >= 0.3 is 5.97 Å². The molecule has 7 heteroatoms. The Bertz CT molecular complexity index is 989. The van der Waals surface area contributed by atoms with Crippen LogP contribution in [0.25, 0.3) is 11.0 Å². The van der Waals surface area contributed by atoms with Crippen LogP contribution in [0.1, 0.15) is 6.92 Å². The maximum Gasteiger partial charge on any atom is 0.344 e. The van der Waals surface area contributed by atoms with Crippen molar-refractivity contribution in [2.75, 3.05) is 7.11 Å². The van der Waals surface area contributed by atoms with Gasteiger partial charge in [-0.15, -0.1) is 0 Å². The van der Waals surface area contributed by atoms with Crippen LogP contribution in [0.3, 0.4) is 0 Å². The van der Waals surface area contributed by atoms with Crippen LogP contribution in [0.2, 0.25) is 0 Å². The number of hydrogen-bond acceptors (Lipinski definition) is 6. The van der Waals surface area contributed by atoms with Gasteiger partial charge in [-0.3, -0.25) is 4.79 Å². The van der Waals surface area contributed by atoms with Crippen molar-refractivity contribution in [1.82, 2.24) is 0 Å². The lowest BCUT2D eigenvalue weighted by Gasteiger charge is -2.11. The van der Waals surface area contributed by atoms with Gasteiger partial charge < -0.3 is 23.7 Å². The molecule has 0 aliphatic rings. The molecule has 26 heavy (non-hydrogen) atoms. The van der Waals surface area contributed by atoms with Crippen LogP contribution in [0.4, 0.5) is 0 Å². The first kappa shape index (κ1) is 17.3. The van der Waals surface area contributed by atoms with Crippen molar-refractivity contribution in [1.29, 1.82) is 0 Å². The quantitative estimate of drug-likeness (QED) is 0.723. The highest BCUT2D eigenvalue weighted by molar-refractivity contribution is 5.79. The van der Waals surface area contributed by atoms with E-state index in [1.54, 1.807) is 31.4 Å². The molecular weight excluding hydrogens is 340 g/mol. The molecule has 0 bridgehead atoms. The third-order valence-electron chi connectivity index (χ3n) is 3.66. The second kappa shape index (κ2) is 7.18. The molecule has 134 valence electrons. The van der Waals surface area contributed by atoms with E-state index >= 15 is 0 Å². The van der Waals surface area contributed by atoms with Gasteiger partial charge in [0.1, 0.15) is 29.1 Å². The highest BCUT2D eigenvalue weighted by Gasteiger charge is 2.14. The number of aliphatic carboxylic acids is 1. The molecule has 3 rings (SSSR count). The van der Waals surface area contributed by atoms with Crippen LogP contribution in [0.5, 0.6) is 23.0 Å². The molecule has 7 nitrogen and oxygen atoms in total. The van der Waals surface area contributed by atoms with Crippen molar-refractivity contribution in [3.8, 4) is 23.0 Å². The predicted octanol–water partition coefficient (Wildman–Crippen LogP) is 3.45. The number of hydrogen-bond donors (Lipinski definition) is 1. The Balaban J connectivity index is 1.88. The zero-order valence-corrected chi connectivity index (χ0v) is 14.1. The van der Waals surface area contributed by atoms with Crippen molar-refractivity contribution in [2.45, 2.75) is 13.0 Å². The van der Waals surface area contributed by atoms with E-state index in [2.05, 4.69) is 0 Å². The Kier molecular flexibility index (Phi) is 4.79. The van der Waals surface area contributed by atoms with Crippen LogP contribution in [-0.2, 0) is 4.79 Å². The number of rotatable bonds is 6. The van der Waals surface area contributed by atoms with Crippen molar-refractivity contribution in [3.05, 3.63) is 59.0 Å². The van der Waals surface area contributed by atoms with Gasteiger partial charge in [0, 0.05) is 6.07 Å². The van der Waals surface area contributed by atoms with E-state index in [1.807, 2.05) is 0 Å². The minimum Gasteiger partial charge on any atom is -0.497 e. The van der Waals surface area contributed by atoms with Crippen LogP contribution in [-0.4, -0.2) is 24.3 Å². The SMILES string of the molecule is COc1ccc(Oc2coc3cc(O[C@@H](C)C(=O)O)ccc3c2=O)cc1. The third kappa shape index (κ3) is 3.61. The summed E-state index contributed by atoms with van der Waals surface area (Å²) >= 11 is 0. The number of methoxy groups -OCH3 is 1. The second-order valence-electron chi connectivity index (χ2n) is 5.46. The van der Waals surface area contributed by atoms with E-state index in [0.717, 1.165) is 0 Å². The van der Waals surface area contributed by atoms with E-state index in [-0.39, 0.29) is 16.8 Å². The molecule has 0 amide bonds. The molecule has 1 N–H and O–H groups in total. The highest BCUT2D eigenvalue weighted by Crippen LogP contribution is 2.25. The Morgan fingerprint density at radius 1 is 1.08 bits per heavy atom. The number of fused-ring (bicyclic) bond motifs is 1. The lowest BCUT2D eigenvalue weighted by Crippen LogP contribution is -2.22. The van der Waals surface area contributed by atoms with Gasteiger partial charge in [0.2, 0.25) is 11.2 Å². The molecule has 2 aromatic carbocycles. The smallest absolute Gasteiger partial charge is 0.344 e. The summed E-state index contributed by atoms with van der Waals surface area (Å²) in [4.78, 5) is 23.4. The molecule has 1 heterocycles. The Labute approximate surface area is 148 Å². The fraction of sp³-hybridized carbons (Fsp3) is 0.158. The third-order valence-corrected chi connectivity index (χ3v) is 3.66. The lowest BCUT2D eigenvalue weighted by atomic mass is 10.2. The largest absolute Gasteiger partial charge is 0.497 e. The summed E-state index contributed by atoms with van der Waals surface area (Å²) in [6.45, 7) is 1.41. The monoisotopic (exact) mass is 356 g/mol. The summed E-state index contributed by atoms with van der Waals surface area (Å²) in [6.07, 6.45) is 0.191. The lowest BCUT2D eigenvalue weighted by molar-refractivity contribution is -0.144. The van der Waals surface area contributed by atoms with Crippen LogP contribution < -0.4 is 19.6 Å². The van der Waals surface area contributed by atoms with Gasteiger partial charge in [0.25, 0.3) is 0 Å². The second-order valence-corrected chi connectivity index (χ2v) is 5.46. The molecule has 3 aromatic rings. The number of carboxylic acids is 1. The van der Waals surface area contributed by atoms with Crippen molar-refractivity contribution in [3.63, 3.8) is 0 Å². The van der Waals surface area contributed by atoms with Crippen LogP contribution >= 0.6 is 0 Å². The predicted molar refractivity (Wildman–Crippen MR) is 93.3 cm³/mol. The van der Waals surface area contributed by atoms with Gasteiger partial charge in [-0.2, -0.15) is 0 Å². The van der Waals surface area contributed by atoms with E-state index < -0.39 is 12.1 Å². The molecule has 0 fully saturated rings. The summed E-state index contributed by atoms with van der Waals surface area (Å²) in [5, 5.41) is 9.18. The highest BCUT2D eigenvalue weighted by atomic mass is 16.5. The molecule has 0 aliphatic carbocycles. The Morgan fingerprint density at radius 2 is 1.73 bits per heavy atom. The maximum absolute atomic E-state index is 12.6. The summed E-state index contributed by atoms with van der Waals surface area (Å²) in [7, 11) is 1.56. The fourth-order valence-corrected chi connectivity index (χ4v) is 2.26. The molecule has 0 radical (unpaired) electrons. The number of benzene rings is 2. The minimum absolute atomic E-state index is 0.0373. The molecular formula is C19H16O7. The van der Waals surface area contributed by atoms with Crippen LogP contribution in [0.15, 0.2) is 57.9 Å². The van der Waals surface area contributed by atoms with Gasteiger partial charge in [0.05, 0.1) is 12.5 Å². The van der Waals surface area contributed by atoms with Gasteiger partial charge in [0.15, 0.2) is 6.10 Å². The molecule has 0 saturated heterocycles. The van der Waals surface area contributed by atoms with Gasteiger partial charge in [-0.1, -0.05) is 0 Å². The Hall–Kier alpha value is -3.48. The average molecular weight is 356 g/mol. The summed E-state index contributed by atoms with van der Waals surface area (Å²) < 4.78 is 21.4. The van der Waals surface area contributed by atoms with Gasteiger partial charge in [-0.05, 0) is 43.3 Å². The number of carbonyl (C=O) groups is 1. The summed E-state index contributed by atoms with van der Waals surface area (Å²) in [6, 6.07) is 11.3. The van der Waals surface area contributed by atoms with E-state index in [9.17, 15) is 9.59 Å². The standard InChI is InChI=1S/C19H16O7/c1-11(19(21)22)25-14-7-8-15-16(9-14)24-10-17(18(15)20)26-13-5-3-12(23-2)4-6-13/h3-11H,1-2H3,(H,21,22)/t11-/m0/s1. The fourth-order valence-electron chi connectivity index (χ4n) is 2.26. The molecule has 0 unspecified atom stereocenters.